The summed E-state index contributed by atoms with van der Waals surface area (Å²) in [6.45, 7) is 6.43. The second kappa shape index (κ2) is 11.3. The first-order valence-electron chi connectivity index (χ1n) is 9.29. The van der Waals surface area contributed by atoms with Gasteiger partial charge in [0.15, 0.2) is 0 Å². The molecule has 150 valence electrons. The van der Waals surface area contributed by atoms with E-state index in [1.807, 2.05) is 0 Å². The predicted octanol–water partition coefficient (Wildman–Crippen LogP) is 3.49. The number of aliphatic carboxylic acids is 1. The number of amides is 1. The Balaban J connectivity index is 2.69. The number of benzene rings is 1. The standard InChI is InChI=1S/C19H29N3O5/c1-4-6-7-14(5-2)12-20-17(19(24)25)11-18(23)21-16-10-15(22(26)27)9-8-13(16)3/h8-10,14,17,20H,4-7,11-12H2,1-3H3,(H,21,23)(H,24,25)/t14-,17+/m0/s1. The highest BCUT2D eigenvalue weighted by molar-refractivity contribution is 5.94. The van der Waals surface area contributed by atoms with Gasteiger partial charge in [-0.2, -0.15) is 0 Å². The van der Waals surface area contributed by atoms with Gasteiger partial charge in [-0.25, -0.2) is 0 Å². The number of anilines is 1. The lowest BCUT2D eigenvalue weighted by Crippen LogP contribution is -2.42. The molecule has 3 N–H and O–H groups in total. The van der Waals surface area contributed by atoms with Gasteiger partial charge in [0.2, 0.25) is 5.91 Å². The Labute approximate surface area is 159 Å². The molecule has 0 aromatic heterocycles. The van der Waals surface area contributed by atoms with Crippen LogP contribution in [-0.2, 0) is 9.59 Å². The number of carboxylic acids is 1. The maximum atomic E-state index is 12.3. The Bertz CT molecular complexity index is 663. The van der Waals surface area contributed by atoms with Crippen LogP contribution in [0.5, 0.6) is 0 Å². The van der Waals surface area contributed by atoms with Crippen LogP contribution < -0.4 is 10.6 Å². The van der Waals surface area contributed by atoms with E-state index in [-0.39, 0.29) is 12.1 Å². The third-order valence-electron chi connectivity index (χ3n) is 4.59. The molecule has 1 rings (SSSR count). The van der Waals surface area contributed by atoms with Crippen molar-refractivity contribution in [1.82, 2.24) is 5.32 Å². The minimum atomic E-state index is -1.09. The monoisotopic (exact) mass is 379 g/mol. The number of rotatable bonds is 12. The van der Waals surface area contributed by atoms with Gasteiger partial charge in [0, 0.05) is 12.1 Å². The molecule has 0 aliphatic heterocycles. The highest BCUT2D eigenvalue weighted by Gasteiger charge is 2.22. The molecular formula is C19H29N3O5. The van der Waals surface area contributed by atoms with Gasteiger partial charge in [0.1, 0.15) is 6.04 Å². The number of nitro groups is 1. The van der Waals surface area contributed by atoms with Crippen molar-refractivity contribution >= 4 is 23.3 Å². The van der Waals surface area contributed by atoms with Crippen LogP contribution in [0.3, 0.4) is 0 Å². The minimum absolute atomic E-state index is 0.134. The molecular weight excluding hydrogens is 350 g/mol. The highest BCUT2D eigenvalue weighted by Crippen LogP contribution is 2.22. The number of nitro benzene ring substituents is 1. The van der Waals surface area contributed by atoms with Gasteiger partial charge in [-0.15, -0.1) is 0 Å². The van der Waals surface area contributed by atoms with Crippen LogP contribution in [0, 0.1) is 23.0 Å². The lowest BCUT2D eigenvalue weighted by atomic mass is 9.99. The van der Waals surface area contributed by atoms with Crippen LogP contribution >= 0.6 is 0 Å². The van der Waals surface area contributed by atoms with Crippen LogP contribution in [0.25, 0.3) is 0 Å². The van der Waals surface area contributed by atoms with Crippen molar-refractivity contribution < 1.29 is 19.6 Å². The van der Waals surface area contributed by atoms with Crippen molar-refractivity contribution in [2.24, 2.45) is 5.92 Å². The molecule has 0 spiro atoms. The number of carbonyl (C=O) groups excluding carboxylic acids is 1. The molecule has 0 saturated carbocycles. The lowest BCUT2D eigenvalue weighted by molar-refractivity contribution is -0.384. The largest absolute Gasteiger partial charge is 0.480 e. The van der Waals surface area contributed by atoms with Gasteiger partial charge in [-0.1, -0.05) is 39.2 Å². The quantitative estimate of drug-likeness (QED) is 0.377. The summed E-state index contributed by atoms with van der Waals surface area (Å²) < 4.78 is 0. The number of unbranched alkanes of at least 4 members (excludes halogenated alkanes) is 1. The number of hydrogen-bond donors (Lipinski definition) is 3. The molecule has 0 saturated heterocycles. The first kappa shape index (κ1) is 22.6. The molecule has 0 aliphatic carbocycles. The first-order chi connectivity index (χ1) is 12.8. The van der Waals surface area contributed by atoms with E-state index in [9.17, 15) is 24.8 Å². The van der Waals surface area contributed by atoms with Crippen LogP contribution in [-0.4, -0.2) is 34.5 Å². The molecule has 0 radical (unpaired) electrons. The number of non-ortho nitro benzene ring substituents is 1. The fourth-order valence-corrected chi connectivity index (χ4v) is 2.74. The SMILES string of the molecule is CCCC[C@H](CC)CN[C@H](CC(=O)Nc1cc([N+](=O)[O-])ccc1C)C(=O)O. The molecule has 0 bridgehead atoms. The Kier molecular flexibility index (Phi) is 9.42. The van der Waals surface area contributed by atoms with Crippen LogP contribution in [0.1, 0.15) is 51.5 Å². The molecule has 1 aromatic rings. The topological polar surface area (TPSA) is 122 Å². The molecule has 0 unspecified atom stereocenters. The number of carboxylic acid groups (broad SMARTS) is 1. The van der Waals surface area contributed by atoms with E-state index in [2.05, 4.69) is 24.5 Å². The maximum absolute atomic E-state index is 12.3. The van der Waals surface area contributed by atoms with E-state index >= 15 is 0 Å². The summed E-state index contributed by atoms with van der Waals surface area (Å²) in [5, 5.41) is 25.8. The number of carbonyl (C=O) groups is 2. The smallest absolute Gasteiger partial charge is 0.321 e. The van der Waals surface area contributed by atoms with E-state index in [1.54, 1.807) is 13.0 Å². The van der Waals surface area contributed by atoms with Gasteiger partial charge in [0.05, 0.1) is 17.0 Å². The third-order valence-corrected chi connectivity index (χ3v) is 4.59. The summed E-state index contributed by atoms with van der Waals surface area (Å²) >= 11 is 0. The molecule has 27 heavy (non-hydrogen) atoms. The molecule has 0 fully saturated rings. The van der Waals surface area contributed by atoms with Gasteiger partial charge in [-0.05, 0) is 31.4 Å². The van der Waals surface area contributed by atoms with Crippen LogP contribution in [0.2, 0.25) is 0 Å². The minimum Gasteiger partial charge on any atom is -0.480 e. The Morgan fingerprint density at radius 1 is 1.30 bits per heavy atom. The van der Waals surface area contributed by atoms with Crippen molar-refractivity contribution in [2.75, 3.05) is 11.9 Å². The molecule has 1 aromatic carbocycles. The highest BCUT2D eigenvalue weighted by atomic mass is 16.6. The Morgan fingerprint density at radius 2 is 2.00 bits per heavy atom. The zero-order valence-corrected chi connectivity index (χ0v) is 16.2. The summed E-state index contributed by atoms with van der Waals surface area (Å²) in [6, 6.07) is 3.17. The summed E-state index contributed by atoms with van der Waals surface area (Å²) in [4.78, 5) is 34.1. The first-order valence-corrected chi connectivity index (χ1v) is 9.29. The van der Waals surface area contributed by atoms with Crippen molar-refractivity contribution in [3.8, 4) is 0 Å². The van der Waals surface area contributed by atoms with E-state index < -0.39 is 22.8 Å². The van der Waals surface area contributed by atoms with E-state index in [0.29, 0.717) is 23.7 Å². The van der Waals surface area contributed by atoms with Crippen molar-refractivity contribution in [2.45, 2.75) is 58.9 Å². The maximum Gasteiger partial charge on any atom is 0.321 e. The van der Waals surface area contributed by atoms with E-state index in [0.717, 1.165) is 25.7 Å². The molecule has 8 heteroatoms. The van der Waals surface area contributed by atoms with E-state index in [4.69, 9.17) is 0 Å². The second-order valence-corrected chi connectivity index (χ2v) is 6.72. The van der Waals surface area contributed by atoms with Crippen LogP contribution in [0.15, 0.2) is 18.2 Å². The molecule has 2 atom stereocenters. The molecule has 1 amide bonds. The van der Waals surface area contributed by atoms with Crippen LogP contribution in [0.4, 0.5) is 11.4 Å². The van der Waals surface area contributed by atoms with Crippen molar-refractivity contribution in [1.29, 1.82) is 0 Å². The normalized spacial score (nSPS) is 13.0. The summed E-state index contributed by atoms with van der Waals surface area (Å²) in [5.74, 6) is -1.22. The molecule has 0 aliphatic rings. The van der Waals surface area contributed by atoms with Gasteiger partial charge < -0.3 is 15.7 Å². The average Bonchev–Trinajstić information content (AvgIpc) is 2.62. The fraction of sp³-hybridized carbons (Fsp3) is 0.579. The summed E-state index contributed by atoms with van der Waals surface area (Å²) in [5.41, 5.74) is 0.845. The van der Waals surface area contributed by atoms with Crippen molar-refractivity contribution in [3.63, 3.8) is 0 Å². The number of nitrogens with zero attached hydrogens (tertiary/aromatic N) is 1. The van der Waals surface area contributed by atoms with Crippen molar-refractivity contribution in [3.05, 3.63) is 33.9 Å². The summed E-state index contributed by atoms with van der Waals surface area (Å²) in [6.07, 6.45) is 3.89. The number of hydrogen-bond acceptors (Lipinski definition) is 5. The third kappa shape index (κ3) is 7.74. The zero-order valence-electron chi connectivity index (χ0n) is 16.2. The van der Waals surface area contributed by atoms with Gasteiger partial charge in [0.25, 0.3) is 5.69 Å². The summed E-state index contributed by atoms with van der Waals surface area (Å²) in [7, 11) is 0. The fourth-order valence-electron chi connectivity index (χ4n) is 2.74. The average molecular weight is 379 g/mol. The predicted molar refractivity (Wildman–Crippen MR) is 104 cm³/mol. The lowest BCUT2D eigenvalue weighted by Gasteiger charge is -2.19. The number of nitrogens with one attached hydrogen (secondary N) is 2. The van der Waals surface area contributed by atoms with Gasteiger partial charge >= 0.3 is 5.97 Å². The zero-order chi connectivity index (χ0) is 20.4. The number of aryl methyl sites for hydroxylation is 1. The Hall–Kier alpha value is -2.48. The molecule has 0 heterocycles. The molecule has 8 nitrogen and oxygen atoms in total. The Morgan fingerprint density at radius 3 is 2.56 bits per heavy atom. The second-order valence-electron chi connectivity index (χ2n) is 6.72. The van der Waals surface area contributed by atoms with E-state index in [1.165, 1.54) is 12.1 Å². The van der Waals surface area contributed by atoms with Gasteiger partial charge in [-0.3, -0.25) is 19.7 Å².